The molecule has 0 radical (unpaired) electrons. The zero-order valence-electron chi connectivity index (χ0n) is 7.86. The van der Waals surface area contributed by atoms with Crippen LogP contribution in [0, 0.1) is 0 Å². The van der Waals surface area contributed by atoms with Crippen molar-refractivity contribution in [2.75, 3.05) is 20.8 Å². The molecule has 13 heavy (non-hydrogen) atoms. The van der Waals surface area contributed by atoms with Crippen LogP contribution in [0.25, 0.3) is 0 Å². The Kier molecular flexibility index (Phi) is 3.73. The summed E-state index contributed by atoms with van der Waals surface area (Å²) < 4.78 is 9.95. The molecule has 1 aromatic carbocycles. The van der Waals surface area contributed by atoms with E-state index in [-0.39, 0.29) is 6.61 Å². The molecule has 0 fully saturated rings. The minimum absolute atomic E-state index is 0.278. The molecule has 0 heterocycles. The van der Waals surface area contributed by atoms with Crippen LogP contribution >= 0.6 is 0 Å². The maximum Gasteiger partial charge on any atom is 0.124 e. The molecule has 1 N–H and O–H groups in total. The topological polar surface area (TPSA) is 38.7 Å². The van der Waals surface area contributed by atoms with E-state index in [1.54, 1.807) is 14.2 Å². The van der Waals surface area contributed by atoms with E-state index in [0.29, 0.717) is 5.75 Å². The number of benzene rings is 1. The largest absolute Gasteiger partial charge is 0.496 e. The van der Waals surface area contributed by atoms with E-state index in [4.69, 9.17) is 9.47 Å². The van der Waals surface area contributed by atoms with Gasteiger partial charge >= 0.3 is 0 Å². The average Bonchev–Trinajstić information content (AvgIpc) is 2.18. The molecule has 3 heteroatoms. The third kappa shape index (κ3) is 2.44. The summed E-state index contributed by atoms with van der Waals surface area (Å²) in [6, 6.07) is 7.36. The summed E-state index contributed by atoms with van der Waals surface area (Å²) in [5.41, 5.74) is 0.756. The Balaban J connectivity index is 2.85. The van der Waals surface area contributed by atoms with Crippen LogP contribution in [0.4, 0.5) is 0 Å². The van der Waals surface area contributed by atoms with Gasteiger partial charge in [-0.2, -0.15) is 0 Å². The van der Waals surface area contributed by atoms with Gasteiger partial charge in [0.25, 0.3) is 0 Å². The summed E-state index contributed by atoms with van der Waals surface area (Å²) in [5, 5.41) is 9.63. The summed E-state index contributed by atoms with van der Waals surface area (Å²) in [6.45, 7) is 0.278. The first kappa shape index (κ1) is 10.0. The van der Waals surface area contributed by atoms with Crippen molar-refractivity contribution in [2.45, 2.75) is 6.10 Å². The Hall–Kier alpha value is -1.06. The number of methoxy groups -OCH3 is 2. The number of para-hydroxylation sites is 1. The van der Waals surface area contributed by atoms with Gasteiger partial charge in [-0.25, -0.2) is 0 Å². The summed E-state index contributed by atoms with van der Waals surface area (Å²) in [6.07, 6.45) is -0.624. The predicted octanol–water partition coefficient (Wildman–Crippen LogP) is 1.38. The molecule has 0 bridgehead atoms. The summed E-state index contributed by atoms with van der Waals surface area (Å²) >= 11 is 0. The number of hydrogen-bond donors (Lipinski definition) is 1. The molecule has 0 amide bonds. The van der Waals surface area contributed by atoms with E-state index < -0.39 is 6.10 Å². The predicted molar refractivity (Wildman–Crippen MR) is 49.8 cm³/mol. The molecule has 3 nitrogen and oxygen atoms in total. The van der Waals surface area contributed by atoms with Crippen LogP contribution in [-0.2, 0) is 4.74 Å². The second kappa shape index (κ2) is 4.84. The standard InChI is InChI=1S/C10H14O3/c1-12-7-9(11)8-5-3-4-6-10(8)13-2/h3-6,9,11H,7H2,1-2H3. The normalized spacial score (nSPS) is 12.5. The number of hydrogen-bond acceptors (Lipinski definition) is 3. The number of rotatable bonds is 4. The lowest BCUT2D eigenvalue weighted by atomic mass is 10.1. The first-order valence-electron chi connectivity index (χ1n) is 4.09. The van der Waals surface area contributed by atoms with E-state index in [2.05, 4.69) is 0 Å². The van der Waals surface area contributed by atoms with Crippen LogP contribution < -0.4 is 4.74 Å². The smallest absolute Gasteiger partial charge is 0.124 e. The maximum atomic E-state index is 9.63. The van der Waals surface area contributed by atoms with Crippen molar-refractivity contribution in [1.82, 2.24) is 0 Å². The van der Waals surface area contributed by atoms with Crippen molar-refractivity contribution in [2.24, 2.45) is 0 Å². The zero-order valence-corrected chi connectivity index (χ0v) is 7.86. The van der Waals surface area contributed by atoms with E-state index in [1.807, 2.05) is 24.3 Å². The minimum atomic E-state index is -0.624. The van der Waals surface area contributed by atoms with E-state index in [0.717, 1.165) is 5.56 Å². The van der Waals surface area contributed by atoms with E-state index in [9.17, 15) is 5.11 Å². The van der Waals surface area contributed by atoms with Crippen LogP contribution in [0.5, 0.6) is 5.75 Å². The molecule has 0 saturated carbocycles. The minimum Gasteiger partial charge on any atom is -0.496 e. The first-order chi connectivity index (χ1) is 6.29. The molecule has 72 valence electrons. The molecule has 1 unspecified atom stereocenters. The third-order valence-corrected chi connectivity index (χ3v) is 1.82. The molecule has 0 aliphatic heterocycles. The fourth-order valence-corrected chi connectivity index (χ4v) is 1.19. The second-order valence-electron chi connectivity index (χ2n) is 2.71. The van der Waals surface area contributed by atoms with Crippen LogP contribution in [0.2, 0.25) is 0 Å². The molecule has 0 aromatic heterocycles. The molecule has 0 aliphatic carbocycles. The van der Waals surface area contributed by atoms with Crippen molar-refractivity contribution in [3.05, 3.63) is 29.8 Å². The van der Waals surface area contributed by atoms with Crippen LogP contribution in [0.3, 0.4) is 0 Å². The quantitative estimate of drug-likeness (QED) is 0.764. The fourth-order valence-electron chi connectivity index (χ4n) is 1.19. The van der Waals surface area contributed by atoms with Crippen molar-refractivity contribution < 1.29 is 14.6 Å². The fraction of sp³-hybridized carbons (Fsp3) is 0.400. The third-order valence-electron chi connectivity index (χ3n) is 1.82. The van der Waals surface area contributed by atoms with Gasteiger partial charge in [0.05, 0.1) is 13.7 Å². The SMILES string of the molecule is COCC(O)c1ccccc1OC. The van der Waals surface area contributed by atoms with Crippen molar-refractivity contribution in [1.29, 1.82) is 0 Å². The monoisotopic (exact) mass is 182 g/mol. The summed E-state index contributed by atoms with van der Waals surface area (Å²) in [5.74, 6) is 0.687. The Bertz CT molecular complexity index is 260. The van der Waals surface area contributed by atoms with Gasteiger partial charge in [-0.05, 0) is 6.07 Å². The molecule has 1 rings (SSSR count). The lowest BCUT2D eigenvalue weighted by Gasteiger charge is -2.13. The lowest BCUT2D eigenvalue weighted by molar-refractivity contribution is 0.0628. The summed E-state index contributed by atoms with van der Waals surface area (Å²) in [4.78, 5) is 0. The second-order valence-corrected chi connectivity index (χ2v) is 2.71. The lowest BCUT2D eigenvalue weighted by Crippen LogP contribution is -2.06. The molecule has 0 saturated heterocycles. The van der Waals surface area contributed by atoms with Crippen LogP contribution in [0.1, 0.15) is 11.7 Å². The molecule has 0 spiro atoms. The van der Waals surface area contributed by atoms with Gasteiger partial charge in [0.2, 0.25) is 0 Å². The molecule has 1 atom stereocenters. The van der Waals surface area contributed by atoms with E-state index >= 15 is 0 Å². The van der Waals surface area contributed by atoms with Crippen LogP contribution in [-0.4, -0.2) is 25.9 Å². The molecule has 1 aromatic rings. The Morgan fingerprint density at radius 3 is 2.62 bits per heavy atom. The van der Waals surface area contributed by atoms with Gasteiger partial charge < -0.3 is 14.6 Å². The maximum absolute atomic E-state index is 9.63. The highest BCUT2D eigenvalue weighted by Crippen LogP contribution is 2.24. The van der Waals surface area contributed by atoms with Gasteiger partial charge in [-0.1, -0.05) is 18.2 Å². The highest BCUT2D eigenvalue weighted by atomic mass is 16.5. The van der Waals surface area contributed by atoms with Gasteiger partial charge in [0.1, 0.15) is 11.9 Å². The van der Waals surface area contributed by atoms with Crippen molar-refractivity contribution in [3.63, 3.8) is 0 Å². The number of ether oxygens (including phenoxy) is 2. The molecule has 0 aliphatic rings. The Morgan fingerprint density at radius 2 is 2.00 bits per heavy atom. The Morgan fingerprint density at radius 1 is 1.31 bits per heavy atom. The van der Waals surface area contributed by atoms with E-state index in [1.165, 1.54) is 0 Å². The number of aliphatic hydroxyl groups is 1. The highest BCUT2D eigenvalue weighted by molar-refractivity contribution is 5.34. The van der Waals surface area contributed by atoms with Gasteiger partial charge in [-0.3, -0.25) is 0 Å². The van der Waals surface area contributed by atoms with Crippen molar-refractivity contribution >= 4 is 0 Å². The average molecular weight is 182 g/mol. The Labute approximate surface area is 77.9 Å². The van der Waals surface area contributed by atoms with Gasteiger partial charge in [0, 0.05) is 12.7 Å². The van der Waals surface area contributed by atoms with Crippen LogP contribution in [0.15, 0.2) is 24.3 Å². The van der Waals surface area contributed by atoms with Gasteiger partial charge in [0.15, 0.2) is 0 Å². The molecular weight excluding hydrogens is 168 g/mol. The molecular formula is C10H14O3. The van der Waals surface area contributed by atoms with Gasteiger partial charge in [-0.15, -0.1) is 0 Å². The summed E-state index contributed by atoms with van der Waals surface area (Å²) in [7, 11) is 3.14. The first-order valence-corrected chi connectivity index (χ1v) is 4.09. The van der Waals surface area contributed by atoms with Crippen molar-refractivity contribution in [3.8, 4) is 5.75 Å². The zero-order chi connectivity index (χ0) is 9.68. The highest BCUT2D eigenvalue weighted by Gasteiger charge is 2.11. The number of aliphatic hydroxyl groups excluding tert-OH is 1.